The molecule has 184 valence electrons. The lowest BCUT2D eigenvalue weighted by Gasteiger charge is -2.24. The van der Waals surface area contributed by atoms with E-state index in [0.717, 1.165) is 56.3 Å². The third-order valence-electron chi connectivity index (χ3n) is 6.33. The number of benzene rings is 2. The van der Waals surface area contributed by atoms with Gasteiger partial charge in [-0.2, -0.15) is 0 Å². The highest BCUT2D eigenvalue weighted by Crippen LogP contribution is 2.34. The van der Waals surface area contributed by atoms with Crippen LogP contribution in [-0.2, 0) is 13.1 Å². The molecule has 0 fully saturated rings. The van der Waals surface area contributed by atoms with E-state index in [1.54, 1.807) is 13.4 Å². The monoisotopic (exact) mass is 483 g/mol. The molecule has 1 aliphatic rings. The van der Waals surface area contributed by atoms with Crippen molar-refractivity contribution in [2.75, 3.05) is 39.3 Å². The molecule has 0 saturated heterocycles. The van der Waals surface area contributed by atoms with Gasteiger partial charge in [0, 0.05) is 36.7 Å². The second kappa shape index (κ2) is 9.09. The predicted molar refractivity (Wildman–Crippen MR) is 141 cm³/mol. The molecular weight excluding hydrogens is 454 g/mol. The number of methoxy groups -OCH3 is 1. The number of nitrogens with zero attached hydrogens (tertiary/aromatic N) is 6. The summed E-state index contributed by atoms with van der Waals surface area (Å²) in [5.74, 6) is 3.35. The van der Waals surface area contributed by atoms with E-state index in [-0.39, 0.29) is 1.43 Å². The molecule has 0 amide bonds. The number of nitrogens with one attached hydrogen (secondary N) is 1. The van der Waals surface area contributed by atoms with Gasteiger partial charge in [-0.15, -0.1) is 0 Å². The minimum absolute atomic E-state index is 0. The van der Waals surface area contributed by atoms with Crippen molar-refractivity contribution in [2.24, 2.45) is 0 Å². The van der Waals surface area contributed by atoms with Crippen LogP contribution in [0.25, 0.3) is 33.2 Å². The van der Waals surface area contributed by atoms with Crippen LogP contribution in [0.3, 0.4) is 0 Å². The zero-order chi connectivity index (χ0) is 24.6. The van der Waals surface area contributed by atoms with E-state index in [1.807, 2.05) is 44.6 Å². The Balaban J connectivity index is 0.00000280. The van der Waals surface area contributed by atoms with Crippen molar-refractivity contribution >= 4 is 27.9 Å². The molecule has 0 atom stereocenters. The van der Waals surface area contributed by atoms with Crippen LogP contribution in [-0.4, -0.2) is 64.2 Å². The van der Waals surface area contributed by atoms with E-state index < -0.39 is 0 Å². The van der Waals surface area contributed by atoms with E-state index in [9.17, 15) is 0 Å². The normalized spacial score (nSPS) is 13.6. The molecule has 0 radical (unpaired) electrons. The first-order chi connectivity index (χ1) is 17.6. The number of aromatic nitrogens is 5. The number of fused-ring (bicyclic) bond motifs is 3. The number of imidazole rings is 1. The summed E-state index contributed by atoms with van der Waals surface area (Å²) in [6.45, 7) is 2.60. The zero-order valence-electron chi connectivity index (χ0n) is 20.5. The summed E-state index contributed by atoms with van der Waals surface area (Å²) < 4.78 is 11.6. The highest BCUT2D eigenvalue weighted by Gasteiger charge is 2.21. The molecule has 3 aromatic heterocycles. The molecule has 5 aromatic rings. The second-order valence-electron chi connectivity index (χ2n) is 9.17. The molecule has 1 aliphatic heterocycles. The average molecular weight is 484 g/mol. The topological polar surface area (TPSA) is 92.3 Å². The number of hydrogen-bond acceptors (Lipinski definition) is 8. The summed E-state index contributed by atoms with van der Waals surface area (Å²) in [6, 6.07) is 14.3. The lowest BCUT2D eigenvalue weighted by atomic mass is 10.0. The molecule has 1 N–H and O–H groups in total. The van der Waals surface area contributed by atoms with Crippen molar-refractivity contribution in [3.8, 4) is 22.6 Å². The fourth-order valence-corrected chi connectivity index (χ4v) is 4.60. The fraction of sp³-hybridized carbons (Fsp3) is 0.259. The van der Waals surface area contributed by atoms with Gasteiger partial charge in [-0.25, -0.2) is 19.9 Å². The smallest absolute Gasteiger partial charge is 0.177 e. The lowest BCUT2D eigenvalue weighted by molar-refractivity contribution is 0.331. The van der Waals surface area contributed by atoms with Crippen molar-refractivity contribution < 1.29 is 10.9 Å². The number of anilines is 1. The first-order valence-electron chi connectivity index (χ1n) is 11.9. The average Bonchev–Trinajstić information content (AvgIpc) is 3.25. The molecule has 9 heteroatoms. The van der Waals surface area contributed by atoms with Crippen molar-refractivity contribution in [3.05, 3.63) is 66.4 Å². The van der Waals surface area contributed by atoms with Gasteiger partial charge in [0.05, 0.1) is 37.6 Å². The van der Waals surface area contributed by atoms with Crippen LogP contribution < -0.4 is 14.4 Å². The van der Waals surface area contributed by atoms with E-state index in [0.29, 0.717) is 31.9 Å². The molecule has 0 aliphatic carbocycles. The summed E-state index contributed by atoms with van der Waals surface area (Å²) in [7, 11) is 5.71. The van der Waals surface area contributed by atoms with Gasteiger partial charge in [0.2, 0.25) is 0 Å². The van der Waals surface area contributed by atoms with Gasteiger partial charge in [-0.1, -0.05) is 6.07 Å². The standard InChI is InChI=1S/C27H27N7O2.H2/c1-33(2)15-25-31-22-12-20(35-3)5-6-21(22)27(32-25)34-8-9-36-24-7-4-17(10-19(24)14-34)18-11-23-26(28-13-18)30-16-29-23;/h4-7,10-13,16H,8-9,14-15H2,1-3H3,(H,28,29,30);1H. The molecule has 0 spiro atoms. The number of H-pyrrole nitrogens is 1. The second-order valence-corrected chi connectivity index (χ2v) is 9.17. The number of aromatic amines is 1. The maximum atomic E-state index is 6.15. The molecule has 6 rings (SSSR count). The Bertz CT molecular complexity index is 1570. The molecular formula is C27H29N7O2. The van der Waals surface area contributed by atoms with Crippen molar-refractivity contribution in [1.82, 2.24) is 29.8 Å². The van der Waals surface area contributed by atoms with Crippen LogP contribution in [0.4, 0.5) is 5.82 Å². The molecule has 4 heterocycles. The van der Waals surface area contributed by atoms with Gasteiger partial charge in [-0.3, -0.25) is 0 Å². The minimum Gasteiger partial charge on any atom is -0.497 e. The maximum Gasteiger partial charge on any atom is 0.177 e. The largest absolute Gasteiger partial charge is 0.497 e. The van der Waals surface area contributed by atoms with Gasteiger partial charge in [0.1, 0.15) is 29.7 Å². The van der Waals surface area contributed by atoms with Crippen LogP contribution in [0.1, 0.15) is 12.8 Å². The van der Waals surface area contributed by atoms with Crippen LogP contribution in [0.5, 0.6) is 11.5 Å². The molecule has 2 aromatic carbocycles. The molecule has 9 nitrogen and oxygen atoms in total. The van der Waals surface area contributed by atoms with E-state index in [4.69, 9.17) is 19.4 Å². The SMILES string of the molecule is COc1ccc2c(N3CCOc4ccc(-c5cnc6nc[nH]c6c5)cc4C3)nc(CN(C)C)nc2c1.[HH]. The first-order valence-corrected chi connectivity index (χ1v) is 11.9. The maximum absolute atomic E-state index is 6.15. The minimum atomic E-state index is 0. The highest BCUT2D eigenvalue weighted by atomic mass is 16.5. The Hall–Kier alpha value is -4.24. The van der Waals surface area contributed by atoms with Crippen LogP contribution in [0.15, 0.2) is 55.0 Å². The molecule has 0 saturated carbocycles. The zero-order valence-corrected chi connectivity index (χ0v) is 20.5. The molecule has 0 bridgehead atoms. The number of ether oxygens (including phenoxy) is 2. The van der Waals surface area contributed by atoms with Crippen LogP contribution >= 0.6 is 0 Å². The van der Waals surface area contributed by atoms with Crippen molar-refractivity contribution in [1.29, 1.82) is 0 Å². The molecule has 0 unspecified atom stereocenters. The Morgan fingerprint density at radius 2 is 2.00 bits per heavy atom. The third-order valence-corrected chi connectivity index (χ3v) is 6.33. The number of pyridine rings is 1. The summed E-state index contributed by atoms with van der Waals surface area (Å²) in [5.41, 5.74) is 5.70. The van der Waals surface area contributed by atoms with Gasteiger partial charge < -0.3 is 24.3 Å². The quantitative estimate of drug-likeness (QED) is 0.396. The Morgan fingerprint density at radius 3 is 2.86 bits per heavy atom. The Morgan fingerprint density at radius 1 is 1.08 bits per heavy atom. The van der Waals surface area contributed by atoms with Crippen molar-refractivity contribution in [2.45, 2.75) is 13.1 Å². The number of hydrogen-bond donors (Lipinski definition) is 1. The number of rotatable bonds is 5. The van der Waals surface area contributed by atoms with Gasteiger partial charge in [0.15, 0.2) is 5.65 Å². The van der Waals surface area contributed by atoms with Crippen LogP contribution in [0, 0.1) is 0 Å². The summed E-state index contributed by atoms with van der Waals surface area (Å²) >= 11 is 0. The fourth-order valence-electron chi connectivity index (χ4n) is 4.60. The van der Waals surface area contributed by atoms with E-state index in [1.165, 1.54) is 0 Å². The van der Waals surface area contributed by atoms with Crippen molar-refractivity contribution in [3.63, 3.8) is 0 Å². The third kappa shape index (κ3) is 4.18. The lowest BCUT2D eigenvalue weighted by Crippen LogP contribution is -2.27. The van der Waals surface area contributed by atoms with Gasteiger partial charge in [-0.05, 0) is 50.0 Å². The highest BCUT2D eigenvalue weighted by molar-refractivity contribution is 5.90. The summed E-state index contributed by atoms with van der Waals surface area (Å²) in [4.78, 5) is 26.0. The first kappa shape index (κ1) is 22.2. The van der Waals surface area contributed by atoms with E-state index in [2.05, 4.69) is 43.0 Å². The molecule has 36 heavy (non-hydrogen) atoms. The summed E-state index contributed by atoms with van der Waals surface area (Å²) in [6.07, 6.45) is 3.52. The van der Waals surface area contributed by atoms with Crippen LogP contribution in [0.2, 0.25) is 0 Å². The Labute approximate surface area is 210 Å². The predicted octanol–water partition coefficient (Wildman–Crippen LogP) is 4.28. The Kier molecular flexibility index (Phi) is 5.61. The van der Waals surface area contributed by atoms with E-state index >= 15 is 0 Å². The van der Waals surface area contributed by atoms with Gasteiger partial charge >= 0.3 is 0 Å². The summed E-state index contributed by atoms with van der Waals surface area (Å²) in [5, 5.41) is 0.992. The van der Waals surface area contributed by atoms with Gasteiger partial charge in [0.25, 0.3) is 0 Å².